The van der Waals surface area contributed by atoms with Gasteiger partial charge in [-0.05, 0) is 18.6 Å². The van der Waals surface area contributed by atoms with Gasteiger partial charge in [-0.2, -0.15) is 0 Å². The molecule has 1 aromatic heterocycles. The number of non-ortho nitro benzene ring substituents is 1. The second-order valence-corrected chi connectivity index (χ2v) is 3.96. The van der Waals surface area contributed by atoms with E-state index in [-0.39, 0.29) is 5.69 Å². The van der Waals surface area contributed by atoms with Gasteiger partial charge in [-0.25, -0.2) is 0 Å². The molecule has 0 aliphatic heterocycles. The molecule has 2 rings (SSSR count). The van der Waals surface area contributed by atoms with Gasteiger partial charge in [0.2, 0.25) is 0 Å². The summed E-state index contributed by atoms with van der Waals surface area (Å²) < 4.78 is 1.79. The summed E-state index contributed by atoms with van der Waals surface area (Å²) in [6.45, 7) is 2.11. The first kappa shape index (κ1) is 12.2. The van der Waals surface area contributed by atoms with Gasteiger partial charge in [0.25, 0.3) is 5.69 Å². The number of nitrogens with zero attached hydrogens (tertiary/aromatic N) is 4. The van der Waals surface area contributed by atoms with Gasteiger partial charge in [-0.1, -0.05) is 0 Å². The number of aryl methyl sites for hydroxylation is 1. The van der Waals surface area contributed by atoms with Crippen molar-refractivity contribution in [3.63, 3.8) is 0 Å². The fourth-order valence-electron chi connectivity index (χ4n) is 1.79. The first-order valence-electron chi connectivity index (χ1n) is 5.38. The van der Waals surface area contributed by atoms with Crippen LogP contribution in [0.25, 0.3) is 11.4 Å². The molecule has 7 nitrogen and oxygen atoms in total. The largest absolute Gasteiger partial charge is 0.324 e. The fraction of sp³-hybridized carbons (Fsp3) is 0.273. The minimum absolute atomic E-state index is 0.0671. The molecule has 0 aliphatic carbocycles. The van der Waals surface area contributed by atoms with Gasteiger partial charge in [0.1, 0.15) is 5.82 Å². The van der Waals surface area contributed by atoms with Crippen molar-refractivity contribution >= 4 is 5.69 Å². The molecule has 0 saturated heterocycles. The molecule has 0 spiro atoms. The number of benzene rings is 1. The normalized spacial score (nSPS) is 10.6. The van der Waals surface area contributed by atoms with Gasteiger partial charge >= 0.3 is 0 Å². The zero-order chi connectivity index (χ0) is 13.3. The number of hydrogen-bond donors (Lipinski definition) is 1. The Morgan fingerprint density at radius 3 is 2.67 bits per heavy atom. The van der Waals surface area contributed by atoms with E-state index in [1.54, 1.807) is 17.6 Å². The molecule has 1 aromatic carbocycles. The minimum Gasteiger partial charge on any atom is -0.324 e. The Kier molecular flexibility index (Phi) is 3.07. The smallest absolute Gasteiger partial charge is 0.269 e. The first-order valence-corrected chi connectivity index (χ1v) is 5.38. The van der Waals surface area contributed by atoms with Crippen LogP contribution in [0.5, 0.6) is 0 Å². The monoisotopic (exact) mass is 247 g/mol. The van der Waals surface area contributed by atoms with E-state index >= 15 is 0 Å². The van der Waals surface area contributed by atoms with Crippen LogP contribution in [0.3, 0.4) is 0 Å². The molecule has 7 heteroatoms. The predicted octanol–water partition coefficient (Wildman–Crippen LogP) is 1.16. The Morgan fingerprint density at radius 2 is 2.17 bits per heavy atom. The van der Waals surface area contributed by atoms with Crippen LogP contribution >= 0.6 is 0 Å². The highest BCUT2D eigenvalue weighted by Crippen LogP contribution is 2.25. The molecular weight excluding hydrogens is 234 g/mol. The zero-order valence-corrected chi connectivity index (χ0v) is 10.1. The third kappa shape index (κ3) is 1.95. The van der Waals surface area contributed by atoms with Crippen molar-refractivity contribution in [3.8, 4) is 11.4 Å². The van der Waals surface area contributed by atoms with Gasteiger partial charge in [0, 0.05) is 24.7 Å². The second kappa shape index (κ2) is 4.53. The van der Waals surface area contributed by atoms with E-state index in [2.05, 4.69) is 10.2 Å². The molecule has 2 N–H and O–H groups in total. The number of aromatic nitrogens is 3. The van der Waals surface area contributed by atoms with E-state index in [1.807, 2.05) is 7.05 Å². The number of rotatable bonds is 3. The van der Waals surface area contributed by atoms with Crippen molar-refractivity contribution in [3.05, 3.63) is 39.7 Å². The van der Waals surface area contributed by atoms with Crippen LogP contribution in [0.15, 0.2) is 18.2 Å². The quantitative estimate of drug-likeness (QED) is 0.648. The van der Waals surface area contributed by atoms with Crippen molar-refractivity contribution in [1.82, 2.24) is 14.8 Å². The van der Waals surface area contributed by atoms with E-state index in [0.29, 0.717) is 18.2 Å². The average molecular weight is 247 g/mol. The molecule has 0 fully saturated rings. The number of nitro groups is 1. The molecule has 0 saturated carbocycles. The molecule has 0 atom stereocenters. The minimum atomic E-state index is -0.418. The van der Waals surface area contributed by atoms with Crippen molar-refractivity contribution < 1.29 is 4.92 Å². The molecule has 0 radical (unpaired) electrons. The summed E-state index contributed by atoms with van der Waals surface area (Å²) in [6, 6.07) is 4.66. The Balaban J connectivity index is 2.51. The number of hydrogen-bond acceptors (Lipinski definition) is 5. The lowest BCUT2D eigenvalue weighted by Crippen LogP contribution is -2.05. The summed E-state index contributed by atoms with van der Waals surface area (Å²) in [7, 11) is 1.82. The van der Waals surface area contributed by atoms with E-state index in [9.17, 15) is 10.1 Å². The molecular formula is C11H13N5O2. The molecule has 0 aliphatic rings. The van der Waals surface area contributed by atoms with Gasteiger partial charge in [0.15, 0.2) is 5.82 Å². The van der Waals surface area contributed by atoms with Gasteiger partial charge in [0.05, 0.1) is 11.5 Å². The maximum atomic E-state index is 10.7. The van der Waals surface area contributed by atoms with Crippen molar-refractivity contribution in [1.29, 1.82) is 0 Å². The highest BCUT2D eigenvalue weighted by Gasteiger charge is 2.14. The third-order valence-corrected chi connectivity index (χ3v) is 2.81. The van der Waals surface area contributed by atoms with Crippen LogP contribution in [-0.4, -0.2) is 19.7 Å². The van der Waals surface area contributed by atoms with Crippen molar-refractivity contribution in [2.45, 2.75) is 13.5 Å². The molecule has 0 bridgehead atoms. The summed E-state index contributed by atoms with van der Waals surface area (Å²) in [4.78, 5) is 10.3. The van der Waals surface area contributed by atoms with Crippen LogP contribution in [0.2, 0.25) is 0 Å². The Morgan fingerprint density at radius 1 is 1.44 bits per heavy atom. The molecule has 1 heterocycles. The van der Waals surface area contributed by atoms with Crippen molar-refractivity contribution in [2.24, 2.45) is 12.8 Å². The Hall–Kier alpha value is -2.28. The number of nitro benzene ring substituents is 1. The lowest BCUT2D eigenvalue weighted by Gasteiger charge is -2.05. The van der Waals surface area contributed by atoms with Gasteiger partial charge in [-0.15, -0.1) is 10.2 Å². The maximum Gasteiger partial charge on any atom is 0.269 e. The van der Waals surface area contributed by atoms with E-state index in [4.69, 9.17) is 5.73 Å². The summed E-state index contributed by atoms with van der Waals surface area (Å²) in [6.07, 6.45) is 0. The predicted molar refractivity (Wildman–Crippen MR) is 65.7 cm³/mol. The number of nitrogens with two attached hydrogens (primary N) is 1. The molecule has 0 unspecified atom stereocenters. The van der Waals surface area contributed by atoms with E-state index < -0.39 is 4.92 Å². The van der Waals surface area contributed by atoms with Gasteiger partial charge in [-0.3, -0.25) is 10.1 Å². The van der Waals surface area contributed by atoms with E-state index in [1.165, 1.54) is 12.1 Å². The maximum absolute atomic E-state index is 10.7. The summed E-state index contributed by atoms with van der Waals surface area (Å²) in [5.41, 5.74) is 7.19. The lowest BCUT2D eigenvalue weighted by molar-refractivity contribution is -0.384. The first-order chi connectivity index (χ1) is 8.54. The lowest BCUT2D eigenvalue weighted by atomic mass is 10.1. The Bertz CT molecular complexity index is 605. The molecule has 0 amide bonds. The van der Waals surface area contributed by atoms with E-state index in [0.717, 1.165) is 11.1 Å². The average Bonchev–Trinajstić information content (AvgIpc) is 2.70. The van der Waals surface area contributed by atoms with Crippen LogP contribution < -0.4 is 5.73 Å². The summed E-state index contributed by atoms with van der Waals surface area (Å²) >= 11 is 0. The van der Waals surface area contributed by atoms with Crippen LogP contribution in [0.1, 0.15) is 11.4 Å². The fourth-order valence-corrected chi connectivity index (χ4v) is 1.79. The second-order valence-electron chi connectivity index (χ2n) is 3.96. The SMILES string of the molecule is Cc1cc([N+](=O)[O-])ccc1-c1nnc(CN)n1C. The Labute approximate surface area is 103 Å². The van der Waals surface area contributed by atoms with Crippen LogP contribution in [0.4, 0.5) is 5.69 Å². The molecule has 2 aromatic rings. The highest BCUT2D eigenvalue weighted by atomic mass is 16.6. The molecule has 18 heavy (non-hydrogen) atoms. The topological polar surface area (TPSA) is 99.9 Å². The summed E-state index contributed by atoms with van der Waals surface area (Å²) in [5, 5.41) is 18.7. The molecule has 94 valence electrons. The van der Waals surface area contributed by atoms with Gasteiger partial charge < -0.3 is 10.3 Å². The van der Waals surface area contributed by atoms with Crippen LogP contribution in [0, 0.1) is 17.0 Å². The zero-order valence-electron chi connectivity index (χ0n) is 10.1. The third-order valence-electron chi connectivity index (χ3n) is 2.81. The highest BCUT2D eigenvalue weighted by molar-refractivity contribution is 5.62. The summed E-state index contributed by atoms with van der Waals surface area (Å²) in [5.74, 6) is 1.32. The standard InChI is InChI=1S/C11H13N5O2/c1-7-5-8(16(17)18)3-4-9(7)11-14-13-10(6-12)15(11)2/h3-5H,6,12H2,1-2H3. The van der Waals surface area contributed by atoms with Crippen molar-refractivity contribution in [2.75, 3.05) is 0 Å². The van der Waals surface area contributed by atoms with Crippen LogP contribution in [-0.2, 0) is 13.6 Å².